The van der Waals surface area contributed by atoms with Crippen LogP contribution in [0.5, 0.6) is 0 Å². The maximum Gasteiger partial charge on any atom is 0.0464 e. The molecule has 0 aromatic heterocycles. The second-order valence-electron chi connectivity index (χ2n) is 8.33. The van der Waals surface area contributed by atoms with E-state index in [1.807, 2.05) is 0 Å². The number of nitrogens with zero attached hydrogens (tertiary/aromatic N) is 1. The highest BCUT2D eigenvalue weighted by Gasteiger charge is 2.14. The summed E-state index contributed by atoms with van der Waals surface area (Å²) in [6, 6.07) is 30.9. The zero-order chi connectivity index (χ0) is 21.3. The topological polar surface area (TPSA) is 3.24 Å². The van der Waals surface area contributed by atoms with Crippen molar-refractivity contribution in [2.45, 2.75) is 34.6 Å². The molecule has 30 heavy (non-hydrogen) atoms. The first-order chi connectivity index (χ1) is 14.4. The molecule has 4 rings (SSSR count). The lowest BCUT2D eigenvalue weighted by atomic mass is 9.93. The quantitative estimate of drug-likeness (QED) is 0.338. The van der Waals surface area contributed by atoms with Gasteiger partial charge in [-0.05, 0) is 104 Å². The molecule has 0 fully saturated rings. The Hall–Kier alpha value is -3.32. The van der Waals surface area contributed by atoms with Gasteiger partial charge in [0.05, 0.1) is 0 Å². The van der Waals surface area contributed by atoms with E-state index < -0.39 is 0 Å². The van der Waals surface area contributed by atoms with Crippen molar-refractivity contribution in [2.24, 2.45) is 0 Å². The summed E-state index contributed by atoms with van der Waals surface area (Å²) in [5.41, 5.74) is 12.6. The second kappa shape index (κ2) is 8.20. The summed E-state index contributed by atoms with van der Waals surface area (Å²) in [5.74, 6) is 0. The van der Waals surface area contributed by atoms with Crippen molar-refractivity contribution in [1.82, 2.24) is 0 Å². The first-order valence-corrected chi connectivity index (χ1v) is 10.5. The van der Waals surface area contributed by atoms with Gasteiger partial charge in [0, 0.05) is 17.1 Å². The molecule has 0 saturated heterocycles. The van der Waals surface area contributed by atoms with E-state index in [0.717, 1.165) is 5.69 Å². The third kappa shape index (κ3) is 4.02. The molecule has 0 unspecified atom stereocenters. The van der Waals surface area contributed by atoms with Crippen LogP contribution < -0.4 is 4.90 Å². The fourth-order valence-corrected chi connectivity index (χ4v) is 4.39. The predicted molar refractivity (Wildman–Crippen MR) is 130 cm³/mol. The molecule has 0 aliphatic carbocycles. The number of hydrogen-bond donors (Lipinski definition) is 0. The van der Waals surface area contributed by atoms with Crippen LogP contribution in [0, 0.1) is 34.6 Å². The number of anilines is 3. The van der Waals surface area contributed by atoms with Gasteiger partial charge in [0.15, 0.2) is 0 Å². The first-order valence-electron chi connectivity index (χ1n) is 10.5. The Morgan fingerprint density at radius 3 is 1.43 bits per heavy atom. The van der Waals surface area contributed by atoms with E-state index >= 15 is 0 Å². The van der Waals surface area contributed by atoms with Crippen molar-refractivity contribution in [3.63, 3.8) is 0 Å². The van der Waals surface area contributed by atoms with Gasteiger partial charge in [0.25, 0.3) is 0 Å². The van der Waals surface area contributed by atoms with E-state index in [9.17, 15) is 0 Å². The van der Waals surface area contributed by atoms with Crippen molar-refractivity contribution in [3.05, 3.63) is 113 Å². The average Bonchev–Trinajstić information content (AvgIpc) is 2.69. The normalized spacial score (nSPS) is 10.8. The molecule has 150 valence electrons. The van der Waals surface area contributed by atoms with Gasteiger partial charge >= 0.3 is 0 Å². The standard InChI is InChI=1S/C29H29N/c1-20-8-6-10-27(18-20)30(28-11-7-9-21(2)19-28)26-14-12-25(13-15-26)29-23(4)16-22(3)17-24(29)5/h6-19H,1-5H3. The molecule has 0 amide bonds. The second-order valence-corrected chi connectivity index (χ2v) is 8.33. The van der Waals surface area contributed by atoms with Crippen LogP contribution in [0.1, 0.15) is 27.8 Å². The highest BCUT2D eigenvalue weighted by molar-refractivity contribution is 5.79. The van der Waals surface area contributed by atoms with E-state index in [2.05, 4.69) is 124 Å². The molecule has 1 nitrogen and oxygen atoms in total. The molecular formula is C29H29N. The molecule has 1 heteroatoms. The van der Waals surface area contributed by atoms with Crippen LogP contribution in [0.4, 0.5) is 17.1 Å². The van der Waals surface area contributed by atoms with Crippen LogP contribution in [-0.2, 0) is 0 Å². The summed E-state index contributed by atoms with van der Waals surface area (Å²) in [4.78, 5) is 2.33. The Kier molecular flexibility index (Phi) is 5.46. The zero-order valence-electron chi connectivity index (χ0n) is 18.5. The Morgan fingerprint density at radius 2 is 0.967 bits per heavy atom. The molecule has 4 aromatic carbocycles. The van der Waals surface area contributed by atoms with Crippen molar-refractivity contribution in [1.29, 1.82) is 0 Å². The summed E-state index contributed by atoms with van der Waals surface area (Å²) >= 11 is 0. The third-order valence-corrected chi connectivity index (χ3v) is 5.61. The van der Waals surface area contributed by atoms with E-state index in [1.165, 1.54) is 50.3 Å². The fourth-order valence-electron chi connectivity index (χ4n) is 4.39. The van der Waals surface area contributed by atoms with Crippen molar-refractivity contribution < 1.29 is 0 Å². The molecule has 0 aliphatic heterocycles. The number of hydrogen-bond acceptors (Lipinski definition) is 1. The highest BCUT2D eigenvalue weighted by Crippen LogP contribution is 2.37. The van der Waals surface area contributed by atoms with Crippen LogP contribution in [0.3, 0.4) is 0 Å². The molecular weight excluding hydrogens is 362 g/mol. The summed E-state index contributed by atoms with van der Waals surface area (Å²) in [7, 11) is 0. The molecule has 4 aromatic rings. The lowest BCUT2D eigenvalue weighted by molar-refractivity contribution is 1.26. The van der Waals surface area contributed by atoms with Gasteiger partial charge in [-0.2, -0.15) is 0 Å². The number of aryl methyl sites for hydroxylation is 5. The van der Waals surface area contributed by atoms with Crippen LogP contribution in [0.15, 0.2) is 84.9 Å². The predicted octanol–water partition coefficient (Wildman–Crippen LogP) is 8.37. The minimum absolute atomic E-state index is 1.16. The average molecular weight is 392 g/mol. The number of rotatable bonds is 4. The van der Waals surface area contributed by atoms with Crippen LogP contribution in [0.2, 0.25) is 0 Å². The van der Waals surface area contributed by atoms with Gasteiger partial charge < -0.3 is 4.90 Å². The number of benzene rings is 4. The molecule has 0 atom stereocenters. The van der Waals surface area contributed by atoms with E-state index in [4.69, 9.17) is 0 Å². The van der Waals surface area contributed by atoms with E-state index in [0.29, 0.717) is 0 Å². The molecule has 0 saturated carbocycles. The monoisotopic (exact) mass is 391 g/mol. The molecule has 0 bridgehead atoms. The maximum absolute atomic E-state index is 2.33. The van der Waals surface area contributed by atoms with Crippen LogP contribution in [0.25, 0.3) is 11.1 Å². The summed E-state index contributed by atoms with van der Waals surface area (Å²) in [6.45, 7) is 10.9. The highest BCUT2D eigenvalue weighted by atomic mass is 15.1. The van der Waals surface area contributed by atoms with Gasteiger partial charge in [-0.15, -0.1) is 0 Å². The van der Waals surface area contributed by atoms with Gasteiger partial charge in [-0.1, -0.05) is 54.1 Å². The molecule has 0 spiro atoms. The van der Waals surface area contributed by atoms with Crippen molar-refractivity contribution >= 4 is 17.1 Å². The van der Waals surface area contributed by atoms with E-state index in [-0.39, 0.29) is 0 Å². The van der Waals surface area contributed by atoms with Crippen molar-refractivity contribution in [2.75, 3.05) is 4.90 Å². The van der Waals surface area contributed by atoms with Crippen LogP contribution >= 0.6 is 0 Å². The molecule has 0 radical (unpaired) electrons. The van der Waals surface area contributed by atoms with Gasteiger partial charge in [-0.3, -0.25) is 0 Å². The minimum atomic E-state index is 1.16. The Bertz CT molecular complexity index is 1120. The minimum Gasteiger partial charge on any atom is -0.310 e. The summed E-state index contributed by atoms with van der Waals surface area (Å²) in [6.07, 6.45) is 0. The lowest BCUT2D eigenvalue weighted by Gasteiger charge is -2.26. The summed E-state index contributed by atoms with van der Waals surface area (Å²) in [5, 5.41) is 0. The van der Waals surface area contributed by atoms with Gasteiger partial charge in [0.1, 0.15) is 0 Å². The third-order valence-electron chi connectivity index (χ3n) is 5.61. The summed E-state index contributed by atoms with van der Waals surface area (Å²) < 4.78 is 0. The molecule has 0 heterocycles. The first kappa shape index (κ1) is 20.0. The zero-order valence-corrected chi connectivity index (χ0v) is 18.5. The Morgan fingerprint density at radius 1 is 0.467 bits per heavy atom. The fraction of sp³-hybridized carbons (Fsp3) is 0.172. The van der Waals surface area contributed by atoms with Crippen molar-refractivity contribution in [3.8, 4) is 11.1 Å². The maximum atomic E-state index is 2.33. The molecule has 0 N–H and O–H groups in total. The van der Waals surface area contributed by atoms with E-state index in [1.54, 1.807) is 0 Å². The van der Waals surface area contributed by atoms with Crippen LogP contribution in [-0.4, -0.2) is 0 Å². The Labute approximate surface area is 180 Å². The smallest absolute Gasteiger partial charge is 0.0464 e. The SMILES string of the molecule is Cc1cccc(N(c2ccc(-c3c(C)cc(C)cc3C)cc2)c2cccc(C)c2)c1. The van der Waals surface area contributed by atoms with Gasteiger partial charge in [-0.25, -0.2) is 0 Å². The van der Waals surface area contributed by atoms with Gasteiger partial charge in [0.2, 0.25) is 0 Å². The largest absolute Gasteiger partial charge is 0.310 e. The lowest BCUT2D eigenvalue weighted by Crippen LogP contribution is -2.10. The Balaban J connectivity index is 1.81. The molecule has 0 aliphatic rings.